The zero-order chi connectivity index (χ0) is 17.2. The Labute approximate surface area is 138 Å². The maximum Gasteiger partial charge on any atom is 0.317 e. The molecule has 7 nitrogen and oxygen atoms in total. The van der Waals surface area contributed by atoms with Crippen LogP contribution in [0.1, 0.15) is 27.2 Å². The Morgan fingerprint density at radius 1 is 1.48 bits per heavy atom. The van der Waals surface area contributed by atoms with Crippen LogP contribution >= 0.6 is 0 Å². The lowest BCUT2D eigenvalue weighted by Gasteiger charge is -2.34. The average molecular weight is 327 g/mol. The number of carboxylic acids is 1. The van der Waals surface area contributed by atoms with Crippen LogP contribution in [0.5, 0.6) is 0 Å². The summed E-state index contributed by atoms with van der Waals surface area (Å²) in [7, 11) is 1.74. The number of aliphatic carboxylic acids is 1. The number of carboxylic acid groups (broad SMARTS) is 1. The van der Waals surface area contributed by atoms with Gasteiger partial charge in [-0.3, -0.25) is 9.69 Å². The van der Waals surface area contributed by atoms with Gasteiger partial charge in [0, 0.05) is 25.7 Å². The number of rotatable bonds is 6. The zero-order valence-corrected chi connectivity index (χ0v) is 14.5. The first-order valence-electron chi connectivity index (χ1n) is 8.29. The average Bonchev–Trinajstić information content (AvgIpc) is 3.10. The minimum Gasteiger partial charge on any atom is -0.480 e. The maximum absolute atomic E-state index is 12.4. The van der Waals surface area contributed by atoms with Gasteiger partial charge in [-0.2, -0.15) is 0 Å². The van der Waals surface area contributed by atoms with Crippen molar-refractivity contribution in [1.29, 1.82) is 0 Å². The van der Waals surface area contributed by atoms with E-state index in [2.05, 4.69) is 26.1 Å². The molecule has 1 heterocycles. The molecule has 23 heavy (non-hydrogen) atoms. The van der Waals surface area contributed by atoms with Crippen molar-refractivity contribution in [1.82, 2.24) is 15.1 Å². The fourth-order valence-electron chi connectivity index (χ4n) is 3.13. The molecule has 0 aromatic carbocycles. The number of carbonyl (C=O) groups excluding carboxylic acids is 1. The van der Waals surface area contributed by atoms with Crippen LogP contribution in [0, 0.1) is 11.3 Å². The van der Waals surface area contributed by atoms with Gasteiger partial charge in [-0.05, 0) is 24.8 Å². The molecule has 1 aliphatic heterocycles. The van der Waals surface area contributed by atoms with Crippen LogP contribution in [0.3, 0.4) is 0 Å². The van der Waals surface area contributed by atoms with E-state index in [-0.39, 0.29) is 30.1 Å². The summed E-state index contributed by atoms with van der Waals surface area (Å²) in [5.74, 6) is -0.311. The van der Waals surface area contributed by atoms with Crippen LogP contribution in [0.25, 0.3) is 0 Å². The second-order valence-electron chi connectivity index (χ2n) is 7.40. The molecule has 0 bridgehead atoms. The Morgan fingerprint density at radius 3 is 2.74 bits per heavy atom. The van der Waals surface area contributed by atoms with Crippen molar-refractivity contribution in [3.8, 4) is 0 Å². The van der Waals surface area contributed by atoms with E-state index in [1.807, 2.05) is 0 Å². The fraction of sp³-hybridized carbons (Fsp3) is 0.875. The summed E-state index contributed by atoms with van der Waals surface area (Å²) in [4.78, 5) is 26.6. The molecule has 0 aromatic rings. The predicted octanol–water partition coefficient (Wildman–Crippen LogP) is 0.848. The van der Waals surface area contributed by atoms with Gasteiger partial charge in [-0.15, -0.1) is 0 Å². The molecule has 3 atom stereocenters. The van der Waals surface area contributed by atoms with Crippen molar-refractivity contribution in [2.24, 2.45) is 11.3 Å². The molecule has 3 unspecified atom stereocenters. The topological polar surface area (TPSA) is 82.1 Å². The third-order valence-corrected chi connectivity index (χ3v) is 5.24. The summed E-state index contributed by atoms with van der Waals surface area (Å²) in [6, 6.07) is 0.222. The van der Waals surface area contributed by atoms with Crippen molar-refractivity contribution in [3.63, 3.8) is 0 Å². The first-order valence-corrected chi connectivity index (χ1v) is 8.29. The monoisotopic (exact) mass is 327 g/mol. The van der Waals surface area contributed by atoms with Crippen LogP contribution in [-0.4, -0.2) is 78.9 Å². The molecule has 2 amide bonds. The molecule has 2 rings (SSSR count). The van der Waals surface area contributed by atoms with Gasteiger partial charge in [-0.25, -0.2) is 4.79 Å². The zero-order valence-electron chi connectivity index (χ0n) is 14.5. The summed E-state index contributed by atoms with van der Waals surface area (Å²) in [5, 5.41) is 11.9. The predicted molar refractivity (Wildman–Crippen MR) is 86.3 cm³/mol. The van der Waals surface area contributed by atoms with E-state index < -0.39 is 5.97 Å². The summed E-state index contributed by atoms with van der Waals surface area (Å²) in [6.07, 6.45) is 0.889. The molecule has 2 N–H and O–H groups in total. The van der Waals surface area contributed by atoms with Gasteiger partial charge in [0.05, 0.1) is 19.3 Å². The summed E-state index contributed by atoms with van der Waals surface area (Å²) >= 11 is 0. The Kier molecular flexibility index (Phi) is 5.52. The molecule has 2 fully saturated rings. The highest BCUT2D eigenvalue weighted by molar-refractivity contribution is 5.75. The Balaban J connectivity index is 1.79. The largest absolute Gasteiger partial charge is 0.480 e. The number of nitrogens with one attached hydrogen (secondary N) is 1. The molecule has 1 saturated heterocycles. The normalized spacial score (nSPS) is 30.6. The van der Waals surface area contributed by atoms with Gasteiger partial charge < -0.3 is 20.1 Å². The molecule has 2 aliphatic rings. The number of amides is 2. The van der Waals surface area contributed by atoms with E-state index in [4.69, 9.17) is 9.84 Å². The minimum absolute atomic E-state index is 0.0269. The number of ether oxygens (including phenoxy) is 1. The van der Waals surface area contributed by atoms with Gasteiger partial charge in [0.2, 0.25) is 0 Å². The van der Waals surface area contributed by atoms with Crippen LogP contribution in [0.15, 0.2) is 0 Å². The summed E-state index contributed by atoms with van der Waals surface area (Å²) < 4.78 is 5.65. The van der Waals surface area contributed by atoms with Gasteiger partial charge in [-0.1, -0.05) is 20.8 Å². The lowest BCUT2D eigenvalue weighted by atomic mass is 9.94. The van der Waals surface area contributed by atoms with Crippen LogP contribution in [0.4, 0.5) is 4.79 Å². The molecule has 7 heteroatoms. The lowest BCUT2D eigenvalue weighted by Crippen LogP contribution is -2.53. The van der Waals surface area contributed by atoms with Crippen molar-refractivity contribution in [2.75, 3.05) is 39.8 Å². The van der Waals surface area contributed by atoms with E-state index in [9.17, 15) is 9.59 Å². The fourth-order valence-corrected chi connectivity index (χ4v) is 3.13. The highest BCUT2D eigenvalue weighted by atomic mass is 16.5. The summed E-state index contributed by atoms with van der Waals surface area (Å²) in [6.45, 7) is 8.64. The Hall–Kier alpha value is -1.34. The van der Waals surface area contributed by atoms with Crippen LogP contribution in [-0.2, 0) is 9.53 Å². The summed E-state index contributed by atoms with van der Waals surface area (Å²) in [5.41, 5.74) is 0.211. The van der Waals surface area contributed by atoms with E-state index in [1.54, 1.807) is 16.8 Å². The van der Waals surface area contributed by atoms with Gasteiger partial charge in [0.1, 0.15) is 0 Å². The molecule has 1 saturated carbocycles. The first-order chi connectivity index (χ1) is 10.7. The SMILES string of the molecule is CC(C)C1(C)CC1NC(=O)N1CCOC(CN(C)CC(=O)O)C1. The maximum atomic E-state index is 12.4. The standard InChI is InChI=1S/C16H29N3O4/c1-11(2)16(3)7-13(16)17-15(22)19-5-6-23-12(9-19)8-18(4)10-14(20)21/h11-13H,5-10H2,1-4H3,(H,17,22)(H,20,21). The number of likely N-dealkylation sites (N-methyl/N-ethyl adjacent to an activating group) is 1. The second-order valence-corrected chi connectivity index (χ2v) is 7.40. The van der Waals surface area contributed by atoms with E-state index in [0.29, 0.717) is 32.2 Å². The third-order valence-electron chi connectivity index (χ3n) is 5.24. The Morgan fingerprint density at radius 2 is 2.17 bits per heavy atom. The van der Waals surface area contributed by atoms with Crippen LogP contribution < -0.4 is 5.32 Å². The number of carbonyl (C=O) groups is 2. The molecule has 1 aliphatic carbocycles. The molecule has 0 radical (unpaired) electrons. The molecular formula is C16H29N3O4. The van der Waals surface area contributed by atoms with Crippen molar-refractivity contribution in [3.05, 3.63) is 0 Å². The van der Waals surface area contributed by atoms with E-state index in [1.165, 1.54) is 0 Å². The Bertz CT molecular complexity index is 457. The number of nitrogens with zero attached hydrogens (tertiary/aromatic N) is 2. The first kappa shape index (κ1) is 18.0. The van der Waals surface area contributed by atoms with E-state index in [0.717, 1.165) is 6.42 Å². The molecule has 0 spiro atoms. The highest BCUT2D eigenvalue weighted by Crippen LogP contribution is 2.51. The number of hydrogen-bond donors (Lipinski definition) is 2. The smallest absolute Gasteiger partial charge is 0.317 e. The number of urea groups is 1. The highest BCUT2D eigenvalue weighted by Gasteiger charge is 2.53. The third kappa shape index (κ3) is 4.57. The van der Waals surface area contributed by atoms with Crippen LogP contribution in [0.2, 0.25) is 0 Å². The van der Waals surface area contributed by atoms with Crippen molar-refractivity contribution in [2.45, 2.75) is 39.3 Å². The van der Waals surface area contributed by atoms with Crippen molar-refractivity contribution >= 4 is 12.0 Å². The second kappa shape index (κ2) is 7.05. The van der Waals surface area contributed by atoms with Gasteiger partial charge in [0.25, 0.3) is 0 Å². The number of morpholine rings is 1. The number of hydrogen-bond acceptors (Lipinski definition) is 4. The van der Waals surface area contributed by atoms with E-state index >= 15 is 0 Å². The van der Waals surface area contributed by atoms with Gasteiger partial charge >= 0.3 is 12.0 Å². The molecule has 132 valence electrons. The minimum atomic E-state index is -0.861. The molecule has 0 aromatic heterocycles. The van der Waals surface area contributed by atoms with Crippen molar-refractivity contribution < 1.29 is 19.4 Å². The lowest BCUT2D eigenvalue weighted by molar-refractivity contribution is -0.138. The quantitative estimate of drug-likeness (QED) is 0.756. The molecular weight excluding hydrogens is 298 g/mol. The van der Waals surface area contributed by atoms with Gasteiger partial charge in [0.15, 0.2) is 0 Å².